The Morgan fingerprint density at radius 1 is 0.317 bits per heavy atom. The number of nitrogens with zero attached hydrogens (tertiary/aromatic N) is 3. The van der Waals surface area contributed by atoms with Crippen molar-refractivity contribution in [1.82, 2.24) is 14.6 Å². The van der Waals surface area contributed by atoms with Crippen molar-refractivity contribution in [3.8, 4) is 67.0 Å². The molecule has 0 aliphatic heterocycles. The maximum atomic E-state index is 6.80. The standard InChI is InChI=1S/C56H35N3O/c1-3-11-36(12-4-1)38-19-23-40(24-20-38)44-31-32-53-50(33-44)51-35-45(41-25-21-39(22-26-41)37-13-5-2-6-14-37)34-49(54(51)60-53)42-27-29-43(30-28-42)55-57-58-56-48-17-8-7-15-46(48)47-16-9-10-18-52(47)59(55)56/h1-35H. The van der Waals surface area contributed by atoms with Gasteiger partial charge in [-0.2, -0.15) is 0 Å². The lowest BCUT2D eigenvalue weighted by atomic mass is 9.93. The molecule has 60 heavy (non-hydrogen) atoms. The summed E-state index contributed by atoms with van der Waals surface area (Å²) in [5.74, 6) is 0.809. The van der Waals surface area contributed by atoms with E-state index in [0.29, 0.717) is 0 Å². The summed E-state index contributed by atoms with van der Waals surface area (Å²) in [6.45, 7) is 0. The number of pyridine rings is 1. The van der Waals surface area contributed by atoms with Crippen LogP contribution in [0.3, 0.4) is 0 Å². The molecule has 0 aliphatic carbocycles. The minimum absolute atomic E-state index is 0.809. The Morgan fingerprint density at radius 3 is 1.47 bits per heavy atom. The monoisotopic (exact) mass is 765 g/mol. The number of para-hydroxylation sites is 1. The molecule has 3 aromatic heterocycles. The van der Waals surface area contributed by atoms with E-state index in [1.165, 1.54) is 33.0 Å². The average molecular weight is 766 g/mol. The number of benzene rings is 9. The molecule has 12 rings (SSSR count). The van der Waals surface area contributed by atoms with Crippen LogP contribution in [0.5, 0.6) is 0 Å². The molecule has 0 radical (unpaired) electrons. The van der Waals surface area contributed by atoms with Crippen LogP contribution in [0, 0.1) is 0 Å². The van der Waals surface area contributed by atoms with Gasteiger partial charge in [0.25, 0.3) is 0 Å². The molecule has 0 fully saturated rings. The lowest BCUT2D eigenvalue weighted by Crippen LogP contribution is -1.94. The van der Waals surface area contributed by atoms with Gasteiger partial charge in [-0.15, -0.1) is 10.2 Å². The molecule has 0 spiro atoms. The van der Waals surface area contributed by atoms with Gasteiger partial charge in [-0.1, -0.05) is 182 Å². The summed E-state index contributed by atoms with van der Waals surface area (Å²) in [5, 5.41) is 15.1. The van der Waals surface area contributed by atoms with Crippen LogP contribution in [0.4, 0.5) is 0 Å². The Kier molecular flexibility index (Phi) is 7.82. The third-order valence-electron chi connectivity index (χ3n) is 11.9. The highest BCUT2D eigenvalue weighted by Gasteiger charge is 2.19. The van der Waals surface area contributed by atoms with Gasteiger partial charge in [0.05, 0.1) is 5.52 Å². The number of hydrogen-bond acceptors (Lipinski definition) is 3. The largest absolute Gasteiger partial charge is 0.455 e. The molecule has 0 saturated carbocycles. The SMILES string of the molecule is c1ccc(-c2ccc(-c3ccc4oc5c(-c6ccc(-c7nnc8c9ccccc9c9ccccc9n78)cc6)cc(-c6ccc(-c7ccccc7)cc6)cc5c4c3)cc2)cc1. The topological polar surface area (TPSA) is 43.3 Å². The van der Waals surface area contributed by atoms with Crippen LogP contribution >= 0.6 is 0 Å². The van der Waals surface area contributed by atoms with Gasteiger partial charge < -0.3 is 4.42 Å². The van der Waals surface area contributed by atoms with E-state index in [-0.39, 0.29) is 0 Å². The van der Waals surface area contributed by atoms with Crippen molar-refractivity contribution in [2.45, 2.75) is 0 Å². The summed E-state index contributed by atoms with van der Waals surface area (Å²) in [5.41, 5.74) is 16.1. The quantitative estimate of drug-likeness (QED) is 0.158. The van der Waals surface area contributed by atoms with Gasteiger partial charge in [0.15, 0.2) is 11.5 Å². The van der Waals surface area contributed by atoms with Gasteiger partial charge in [0.1, 0.15) is 11.2 Å². The van der Waals surface area contributed by atoms with Crippen LogP contribution in [0.1, 0.15) is 0 Å². The molecule has 0 amide bonds. The number of aromatic nitrogens is 3. The van der Waals surface area contributed by atoms with Crippen LogP contribution in [-0.2, 0) is 0 Å². The smallest absolute Gasteiger partial charge is 0.169 e. The third kappa shape index (κ3) is 5.61. The first kappa shape index (κ1) is 34.0. The Bertz CT molecular complexity index is 3550. The van der Waals surface area contributed by atoms with Crippen molar-refractivity contribution >= 4 is 49.3 Å². The Morgan fingerprint density at radius 2 is 0.800 bits per heavy atom. The van der Waals surface area contributed by atoms with Crippen molar-refractivity contribution in [2.75, 3.05) is 0 Å². The minimum atomic E-state index is 0.809. The maximum Gasteiger partial charge on any atom is 0.169 e. The zero-order valence-corrected chi connectivity index (χ0v) is 32.5. The molecular weight excluding hydrogens is 731 g/mol. The first-order valence-corrected chi connectivity index (χ1v) is 20.3. The predicted octanol–water partition coefficient (Wildman–Crippen LogP) is 14.9. The summed E-state index contributed by atoms with van der Waals surface area (Å²) in [6.07, 6.45) is 0. The van der Waals surface area contributed by atoms with E-state index in [1.807, 2.05) is 0 Å². The lowest BCUT2D eigenvalue weighted by molar-refractivity contribution is 0.670. The van der Waals surface area contributed by atoms with Gasteiger partial charge in [0, 0.05) is 32.7 Å². The van der Waals surface area contributed by atoms with E-state index in [1.54, 1.807) is 0 Å². The van der Waals surface area contributed by atoms with Crippen LogP contribution in [0.15, 0.2) is 217 Å². The maximum absolute atomic E-state index is 6.80. The molecule has 4 nitrogen and oxygen atoms in total. The third-order valence-corrected chi connectivity index (χ3v) is 11.9. The highest BCUT2D eigenvalue weighted by atomic mass is 16.3. The van der Waals surface area contributed by atoms with Crippen LogP contribution in [0.2, 0.25) is 0 Å². The Labute approximate surface area is 346 Å². The highest BCUT2D eigenvalue weighted by molar-refractivity contribution is 6.13. The number of hydrogen-bond donors (Lipinski definition) is 0. The first-order valence-electron chi connectivity index (χ1n) is 20.3. The summed E-state index contributed by atoms with van der Waals surface area (Å²) < 4.78 is 8.99. The molecule has 9 aromatic carbocycles. The summed E-state index contributed by atoms with van der Waals surface area (Å²) in [4.78, 5) is 0. The second kappa shape index (κ2) is 13.8. The molecular formula is C56H35N3O. The number of fused-ring (bicyclic) bond motifs is 9. The van der Waals surface area contributed by atoms with Crippen molar-refractivity contribution in [1.29, 1.82) is 0 Å². The van der Waals surface area contributed by atoms with Gasteiger partial charge in [-0.05, 0) is 85.8 Å². The van der Waals surface area contributed by atoms with Gasteiger partial charge >= 0.3 is 0 Å². The molecule has 280 valence electrons. The molecule has 4 heteroatoms. The fourth-order valence-corrected chi connectivity index (χ4v) is 8.89. The summed E-state index contributed by atoms with van der Waals surface area (Å²) in [7, 11) is 0. The van der Waals surface area contributed by atoms with Gasteiger partial charge in [-0.25, -0.2) is 0 Å². The van der Waals surface area contributed by atoms with Crippen molar-refractivity contribution in [3.05, 3.63) is 212 Å². The predicted molar refractivity (Wildman–Crippen MR) is 248 cm³/mol. The van der Waals surface area contributed by atoms with E-state index in [4.69, 9.17) is 14.6 Å². The fourth-order valence-electron chi connectivity index (χ4n) is 8.89. The van der Waals surface area contributed by atoms with Gasteiger partial charge in [-0.3, -0.25) is 4.40 Å². The van der Waals surface area contributed by atoms with Crippen LogP contribution in [-0.4, -0.2) is 14.6 Å². The molecule has 0 bridgehead atoms. The molecule has 3 heterocycles. The van der Waals surface area contributed by atoms with E-state index in [9.17, 15) is 0 Å². The first-order chi connectivity index (χ1) is 29.7. The van der Waals surface area contributed by atoms with Crippen molar-refractivity contribution in [2.24, 2.45) is 0 Å². The Balaban J connectivity index is 0.996. The molecule has 0 N–H and O–H groups in total. The normalized spacial score (nSPS) is 11.7. The van der Waals surface area contributed by atoms with Crippen molar-refractivity contribution in [3.63, 3.8) is 0 Å². The molecule has 0 atom stereocenters. The van der Waals surface area contributed by atoms with Crippen LogP contribution in [0.25, 0.3) is 116 Å². The number of furan rings is 1. The van der Waals surface area contributed by atoms with E-state index in [0.717, 1.165) is 83.3 Å². The highest BCUT2D eigenvalue weighted by Crippen LogP contribution is 2.42. The number of rotatable bonds is 6. The van der Waals surface area contributed by atoms with E-state index < -0.39 is 0 Å². The van der Waals surface area contributed by atoms with E-state index >= 15 is 0 Å². The van der Waals surface area contributed by atoms with Crippen LogP contribution < -0.4 is 0 Å². The zero-order chi connectivity index (χ0) is 39.6. The zero-order valence-electron chi connectivity index (χ0n) is 32.5. The Hall–Kier alpha value is -8.08. The molecule has 0 saturated heterocycles. The summed E-state index contributed by atoms with van der Waals surface area (Å²) >= 11 is 0. The molecule has 0 aliphatic rings. The molecule has 0 unspecified atom stereocenters. The van der Waals surface area contributed by atoms with Crippen molar-refractivity contribution < 1.29 is 4.42 Å². The summed E-state index contributed by atoms with van der Waals surface area (Å²) in [6, 6.07) is 75.5. The fraction of sp³-hybridized carbons (Fsp3) is 0. The minimum Gasteiger partial charge on any atom is -0.455 e. The van der Waals surface area contributed by atoms with E-state index in [2.05, 4.69) is 217 Å². The average Bonchev–Trinajstić information content (AvgIpc) is 3.95. The molecule has 12 aromatic rings. The van der Waals surface area contributed by atoms with Gasteiger partial charge in [0.2, 0.25) is 0 Å². The second-order valence-electron chi connectivity index (χ2n) is 15.4. The second-order valence-corrected chi connectivity index (χ2v) is 15.4. The lowest BCUT2D eigenvalue weighted by Gasteiger charge is -2.11.